The first-order chi connectivity index (χ1) is 9.67. The second kappa shape index (κ2) is 9.26. The smallest absolute Gasteiger partial charge is 0.223 e. The fourth-order valence-corrected chi connectivity index (χ4v) is 2.07. The summed E-state index contributed by atoms with van der Waals surface area (Å²) < 4.78 is 0. The standard InChI is InChI=1S/C16H24N2O2/c1-13(11-14-7-3-2-4-8-14)16(20)18-15(12-19)9-5-6-10-17/h2-4,7-8,12-13,15H,5-6,9-11,17H2,1H3,(H,18,20). The second-order valence-corrected chi connectivity index (χ2v) is 5.13. The number of hydrogen-bond acceptors (Lipinski definition) is 3. The largest absolute Gasteiger partial charge is 0.346 e. The highest BCUT2D eigenvalue weighted by Crippen LogP contribution is 2.09. The lowest BCUT2D eigenvalue weighted by molar-refractivity contribution is -0.127. The molecule has 0 saturated heterocycles. The van der Waals surface area contributed by atoms with Gasteiger partial charge in [-0.05, 0) is 37.8 Å². The van der Waals surface area contributed by atoms with Gasteiger partial charge in [0.2, 0.25) is 5.91 Å². The highest BCUT2D eigenvalue weighted by molar-refractivity contribution is 5.81. The van der Waals surface area contributed by atoms with Gasteiger partial charge in [-0.25, -0.2) is 0 Å². The van der Waals surface area contributed by atoms with Gasteiger partial charge in [-0.1, -0.05) is 37.3 Å². The lowest BCUT2D eigenvalue weighted by Crippen LogP contribution is -2.39. The van der Waals surface area contributed by atoms with Gasteiger partial charge in [-0.3, -0.25) is 4.79 Å². The number of aldehydes is 1. The first-order valence-corrected chi connectivity index (χ1v) is 7.17. The molecule has 0 bridgehead atoms. The Kier molecular flexibility index (Phi) is 7.58. The molecular weight excluding hydrogens is 252 g/mol. The van der Waals surface area contributed by atoms with Crippen LogP contribution in [-0.4, -0.2) is 24.8 Å². The number of carbonyl (C=O) groups excluding carboxylic acids is 2. The maximum Gasteiger partial charge on any atom is 0.223 e. The van der Waals surface area contributed by atoms with Crippen LogP contribution in [0.4, 0.5) is 0 Å². The van der Waals surface area contributed by atoms with Crippen LogP contribution in [0.5, 0.6) is 0 Å². The van der Waals surface area contributed by atoms with E-state index in [0.29, 0.717) is 19.4 Å². The molecule has 3 N–H and O–H groups in total. The summed E-state index contributed by atoms with van der Waals surface area (Å²) in [5.74, 6) is -0.215. The number of nitrogens with two attached hydrogens (primary N) is 1. The molecule has 2 atom stereocenters. The van der Waals surface area contributed by atoms with E-state index < -0.39 is 6.04 Å². The Morgan fingerprint density at radius 3 is 2.60 bits per heavy atom. The Labute approximate surface area is 120 Å². The zero-order valence-electron chi connectivity index (χ0n) is 12.0. The third kappa shape index (κ3) is 5.97. The number of rotatable bonds is 9. The summed E-state index contributed by atoms with van der Waals surface area (Å²) in [6.07, 6.45) is 3.88. The van der Waals surface area contributed by atoms with Crippen LogP contribution in [0.1, 0.15) is 31.7 Å². The van der Waals surface area contributed by atoms with Gasteiger partial charge in [0.1, 0.15) is 6.29 Å². The summed E-state index contributed by atoms with van der Waals surface area (Å²) >= 11 is 0. The molecule has 110 valence electrons. The molecule has 1 aromatic rings. The van der Waals surface area contributed by atoms with E-state index in [2.05, 4.69) is 5.32 Å². The van der Waals surface area contributed by atoms with Crippen LogP contribution >= 0.6 is 0 Å². The van der Waals surface area contributed by atoms with Gasteiger partial charge in [0.05, 0.1) is 6.04 Å². The molecule has 4 nitrogen and oxygen atoms in total. The van der Waals surface area contributed by atoms with Crippen molar-refractivity contribution in [2.24, 2.45) is 11.7 Å². The van der Waals surface area contributed by atoms with Crippen molar-refractivity contribution in [3.8, 4) is 0 Å². The fraction of sp³-hybridized carbons (Fsp3) is 0.500. The molecule has 0 aromatic heterocycles. The maximum atomic E-state index is 12.1. The average Bonchev–Trinajstić information content (AvgIpc) is 2.47. The molecule has 0 aliphatic rings. The van der Waals surface area contributed by atoms with E-state index in [1.165, 1.54) is 0 Å². The van der Waals surface area contributed by atoms with Crippen LogP contribution in [0, 0.1) is 5.92 Å². The zero-order valence-corrected chi connectivity index (χ0v) is 12.0. The number of unbranched alkanes of at least 4 members (excludes halogenated alkanes) is 1. The monoisotopic (exact) mass is 276 g/mol. The molecule has 1 aromatic carbocycles. The molecule has 1 rings (SSSR count). The SMILES string of the molecule is CC(Cc1ccccc1)C(=O)NC(C=O)CCCCN. The van der Waals surface area contributed by atoms with Gasteiger partial charge in [-0.15, -0.1) is 0 Å². The predicted octanol–water partition coefficient (Wildman–Crippen LogP) is 1.68. The van der Waals surface area contributed by atoms with Crippen LogP contribution in [0.25, 0.3) is 0 Å². The zero-order chi connectivity index (χ0) is 14.8. The van der Waals surface area contributed by atoms with Crippen molar-refractivity contribution in [2.45, 2.75) is 38.6 Å². The maximum absolute atomic E-state index is 12.1. The van der Waals surface area contributed by atoms with Crippen molar-refractivity contribution in [1.82, 2.24) is 5.32 Å². The van der Waals surface area contributed by atoms with Crippen molar-refractivity contribution in [1.29, 1.82) is 0 Å². The van der Waals surface area contributed by atoms with Gasteiger partial charge >= 0.3 is 0 Å². The van der Waals surface area contributed by atoms with E-state index >= 15 is 0 Å². The summed E-state index contributed by atoms with van der Waals surface area (Å²) in [7, 11) is 0. The Hall–Kier alpha value is -1.68. The minimum atomic E-state index is -0.396. The molecule has 0 aliphatic heterocycles. The fourth-order valence-electron chi connectivity index (χ4n) is 2.07. The number of hydrogen-bond donors (Lipinski definition) is 2. The van der Waals surface area contributed by atoms with Crippen LogP contribution < -0.4 is 11.1 Å². The van der Waals surface area contributed by atoms with Crippen molar-refractivity contribution < 1.29 is 9.59 Å². The van der Waals surface area contributed by atoms with E-state index in [1.807, 2.05) is 37.3 Å². The van der Waals surface area contributed by atoms with Gasteiger partial charge in [-0.2, -0.15) is 0 Å². The molecule has 20 heavy (non-hydrogen) atoms. The lowest BCUT2D eigenvalue weighted by atomic mass is 10.00. The molecule has 2 unspecified atom stereocenters. The van der Waals surface area contributed by atoms with Crippen molar-refractivity contribution in [3.63, 3.8) is 0 Å². The van der Waals surface area contributed by atoms with Crippen molar-refractivity contribution in [2.75, 3.05) is 6.54 Å². The quantitative estimate of drug-likeness (QED) is 0.532. The normalized spacial score (nSPS) is 13.5. The van der Waals surface area contributed by atoms with Gasteiger partial charge in [0.25, 0.3) is 0 Å². The lowest BCUT2D eigenvalue weighted by Gasteiger charge is -2.16. The van der Waals surface area contributed by atoms with Gasteiger partial charge in [0.15, 0.2) is 0 Å². The van der Waals surface area contributed by atoms with Crippen molar-refractivity contribution >= 4 is 12.2 Å². The van der Waals surface area contributed by atoms with E-state index in [-0.39, 0.29) is 11.8 Å². The first kappa shape index (κ1) is 16.4. The minimum absolute atomic E-state index is 0.0706. The molecule has 4 heteroatoms. The minimum Gasteiger partial charge on any atom is -0.346 e. The van der Waals surface area contributed by atoms with Crippen LogP contribution in [-0.2, 0) is 16.0 Å². The summed E-state index contributed by atoms with van der Waals surface area (Å²) in [6, 6.07) is 9.48. The Morgan fingerprint density at radius 2 is 2.00 bits per heavy atom. The van der Waals surface area contributed by atoms with Gasteiger partial charge in [0, 0.05) is 5.92 Å². The van der Waals surface area contributed by atoms with E-state index in [9.17, 15) is 9.59 Å². The second-order valence-electron chi connectivity index (χ2n) is 5.13. The first-order valence-electron chi connectivity index (χ1n) is 7.17. The molecule has 0 aliphatic carbocycles. The van der Waals surface area contributed by atoms with E-state index in [1.54, 1.807) is 0 Å². The molecule has 0 radical (unpaired) electrons. The van der Waals surface area contributed by atoms with Gasteiger partial charge < -0.3 is 15.8 Å². The van der Waals surface area contributed by atoms with Crippen LogP contribution in [0.15, 0.2) is 30.3 Å². The van der Waals surface area contributed by atoms with Crippen LogP contribution in [0.3, 0.4) is 0 Å². The molecule has 0 saturated carbocycles. The Morgan fingerprint density at radius 1 is 1.30 bits per heavy atom. The summed E-state index contributed by atoms with van der Waals surface area (Å²) in [5.41, 5.74) is 6.54. The summed E-state index contributed by atoms with van der Waals surface area (Å²) in [6.45, 7) is 2.49. The number of carbonyl (C=O) groups is 2. The molecule has 1 amide bonds. The van der Waals surface area contributed by atoms with E-state index in [4.69, 9.17) is 5.73 Å². The summed E-state index contributed by atoms with van der Waals surface area (Å²) in [5, 5.41) is 2.80. The third-order valence-corrected chi connectivity index (χ3v) is 3.29. The molecule has 0 heterocycles. The summed E-state index contributed by atoms with van der Waals surface area (Å²) in [4.78, 5) is 23.0. The van der Waals surface area contributed by atoms with E-state index in [0.717, 1.165) is 24.7 Å². The highest BCUT2D eigenvalue weighted by Gasteiger charge is 2.17. The Bertz CT molecular complexity index is 406. The topological polar surface area (TPSA) is 72.2 Å². The van der Waals surface area contributed by atoms with Crippen LogP contribution in [0.2, 0.25) is 0 Å². The predicted molar refractivity (Wildman–Crippen MR) is 80.2 cm³/mol. The third-order valence-electron chi connectivity index (χ3n) is 3.29. The molecule has 0 fully saturated rings. The number of amides is 1. The number of benzene rings is 1. The Balaban J connectivity index is 2.41. The molecule has 0 spiro atoms. The highest BCUT2D eigenvalue weighted by atomic mass is 16.2. The molecular formula is C16H24N2O2. The average molecular weight is 276 g/mol. The number of nitrogens with one attached hydrogen (secondary N) is 1. The van der Waals surface area contributed by atoms with Crippen molar-refractivity contribution in [3.05, 3.63) is 35.9 Å².